The molecule has 1 heteroatoms. The summed E-state index contributed by atoms with van der Waals surface area (Å²) in [7, 11) is 0. The van der Waals surface area contributed by atoms with Crippen molar-refractivity contribution in [3.63, 3.8) is 0 Å². The zero-order chi connectivity index (χ0) is 18.5. The zero-order valence-electron chi connectivity index (χ0n) is 16.1. The van der Waals surface area contributed by atoms with Crippen molar-refractivity contribution in [3.05, 3.63) is 77.9 Å². The van der Waals surface area contributed by atoms with Gasteiger partial charge in [0.2, 0.25) is 0 Å². The predicted octanol–water partition coefficient (Wildman–Crippen LogP) is 6.58. The molecule has 1 aromatic carbocycles. The van der Waals surface area contributed by atoms with Crippen molar-refractivity contribution in [1.29, 1.82) is 0 Å². The van der Waals surface area contributed by atoms with E-state index in [-0.39, 0.29) is 0 Å². The fourth-order valence-electron chi connectivity index (χ4n) is 2.30. The van der Waals surface area contributed by atoms with E-state index in [4.69, 9.17) is 5.11 Å². The Morgan fingerprint density at radius 1 is 1.17 bits per heavy atom. The molecular formula is C23H34O. The van der Waals surface area contributed by atoms with Gasteiger partial charge >= 0.3 is 0 Å². The lowest BCUT2D eigenvalue weighted by Gasteiger charge is -2.14. The van der Waals surface area contributed by atoms with E-state index in [1.54, 1.807) is 6.08 Å². The van der Waals surface area contributed by atoms with Gasteiger partial charge in [-0.05, 0) is 67.4 Å². The molecule has 24 heavy (non-hydrogen) atoms. The number of aliphatic hydroxyl groups is 1. The number of rotatable bonds is 7. The van der Waals surface area contributed by atoms with Crippen LogP contribution in [0.3, 0.4) is 0 Å². The van der Waals surface area contributed by atoms with Crippen molar-refractivity contribution in [3.8, 4) is 0 Å². The lowest BCUT2D eigenvalue weighted by Crippen LogP contribution is -1.92. The lowest BCUT2D eigenvalue weighted by molar-refractivity contribution is 0.276. The molecule has 0 fully saturated rings. The summed E-state index contributed by atoms with van der Waals surface area (Å²) in [5.41, 5.74) is 5.89. The quantitative estimate of drug-likeness (QED) is 0.561. The molecule has 132 valence electrons. The molecule has 0 amide bonds. The molecule has 0 bridgehead atoms. The van der Waals surface area contributed by atoms with Gasteiger partial charge in [-0.2, -0.15) is 0 Å². The van der Waals surface area contributed by atoms with E-state index in [1.807, 2.05) is 6.07 Å². The molecular weight excluding hydrogens is 292 g/mol. The monoisotopic (exact) mass is 326 g/mol. The first-order valence-electron chi connectivity index (χ1n) is 8.71. The summed E-state index contributed by atoms with van der Waals surface area (Å²) in [6.07, 6.45) is 6.04. The topological polar surface area (TPSA) is 20.2 Å². The molecule has 0 unspecified atom stereocenters. The number of hydrogen-bond acceptors (Lipinski definition) is 1. The van der Waals surface area contributed by atoms with Gasteiger partial charge in [-0.3, -0.25) is 0 Å². The first-order chi connectivity index (χ1) is 11.4. The number of hydrogen-bond donors (Lipinski definition) is 1. The highest BCUT2D eigenvalue weighted by atomic mass is 16.2. The maximum atomic E-state index is 8.32. The first kappa shape index (κ1) is 22.1. The summed E-state index contributed by atoms with van der Waals surface area (Å²) in [6, 6.07) is 10.4. The zero-order valence-corrected chi connectivity index (χ0v) is 16.1. The van der Waals surface area contributed by atoms with E-state index in [1.165, 1.54) is 22.3 Å². The Balaban J connectivity index is 0.000000640. The van der Waals surface area contributed by atoms with Crippen LogP contribution in [0.4, 0.5) is 0 Å². The van der Waals surface area contributed by atoms with Gasteiger partial charge in [0.25, 0.3) is 0 Å². The van der Waals surface area contributed by atoms with Crippen LogP contribution in [0.15, 0.2) is 72.4 Å². The average Bonchev–Trinajstić information content (AvgIpc) is 2.60. The smallest absolute Gasteiger partial charge is 0.0431 e. The second-order valence-corrected chi connectivity index (χ2v) is 6.33. The minimum atomic E-state index is 0.345. The second-order valence-electron chi connectivity index (χ2n) is 6.33. The van der Waals surface area contributed by atoms with Crippen LogP contribution in [-0.2, 0) is 0 Å². The molecule has 0 saturated heterocycles. The van der Waals surface area contributed by atoms with E-state index in [2.05, 4.69) is 78.1 Å². The highest BCUT2D eigenvalue weighted by Gasteiger charge is 2.08. The predicted molar refractivity (Wildman–Crippen MR) is 109 cm³/mol. The van der Waals surface area contributed by atoms with Crippen molar-refractivity contribution < 1.29 is 5.11 Å². The molecule has 0 spiro atoms. The first-order valence-corrected chi connectivity index (χ1v) is 8.71. The fourth-order valence-corrected chi connectivity index (χ4v) is 2.30. The van der Waals surface area contributed by atoms with Crippen molar-refractivity contribution in [2.24, 2.45) is 5.92 Å². The molecule has 1 aromatic rings. The van der Waals surface area contributed by atoms with Crippen LogP contribution in [0.5, 0.6) is 0 Å². The van der Waals surface area contributed by atoms with Crippen LogP contribution < -0.4 is 0 Å². The number of aliphatic hydroxyl groups excluding tert-OH is 1. The minimum Gasteiger partial charge on any atom is -0.396 e. The molecule has 1 nitrogen and oxygen atoms in total. The van der Waals surface area contributed by atoms with Crippen LogP contribution in [0, 0.1) is 5.92 Å². The van der Waals surface area contributed by atoms with E-state index in [0.29, 0.717) is 6.61 Å². The summed E-state index contributed by atoms with van der Waals surface area (Å²) in [5, 5.41) is 8.32. The van der Waals surface area contributed by atoms with Gasteiger partial charge in [-0.15, -0.1) is 0 Å². The Bertz CT molecular complexity index is 559. The van der Waals surface area contributed by atoms with Crippen molar-refractivity contribution in [2.45, 2.75) is 47.5 Å². The Morgan fingerprint density at radius 2 is 1.75 bits per heavy atom. The van der Waals surface area contributed by atoms with Gasteiger partial charge < -0.3 is 5.11 Å². The second kappa shape index (κ2) is 12.5. The Kier molecular flexibility index (Phi) is 11.6. The van der Waals surface area contributed by atoms with Crippen molar-refractivity contribution >= 4 is 5.57 Å². The van der Waals surface area contributed by atoms with Crippen LogP contribution in [0.1, 0.15) is 53.0 Å². The molecule has 0 aliphatic carbocycles. The van der Waals surface area contributed by atoms with E-state index < -0.39 is 0 Å². The lowest BCUT2D eigenvalue weighted by atomic mass is 9.91. The summed E-state index contributed by atoms with van der Waals surface area (Å²) in [4.78, 5) is 0. The molecule has 0 saturated carbocycles. The summed E-state index contributed by atoms with van der Waals surface area (Å²) >= 11 is 0. The Morgan fingerprint density at radius 3 is 2.12 bits per heavy atom. The molecule has 0 radical (unpaired) electrons. The summed E-state index contributed by atoms with van der Waals surface area (Å²) in [5.74, 6) is 0.743. The molecule has 1 rings (SSSR count). The molecule has 0 aliphatic rings. The third-order valence-electron chi connectivity index (χ3n) is 3.93. The SMILES string of the molecule is C=CC(=C)/C(C)=C(\C(C)=C/C)c1ccccc1.CC(C)CCCO. The molecule has 0 aliphatic heterocycles. The normalized spacial score (nSPS) is 12.2. The third-order valence-corrected chi connectivity index (χ3v) is 3.93. The summed E-state index contributed by atoms with van der Waals surface area (Å²) in [6.45, 7) is 18.8. The van der Waals surface area contributed by atoms with Gasteiger partial charge in [0, 0.05) is 6.61 Å². The maximum Gasteiger partial charge on any atom is 0.0431 e. The van der Waals surface area contributed by atoms with E-state index in [0.717, 1.165) is 24.3 Å². The molecule has 0 atom stereocenters. The maximum absolute atomic E-state index is 8.32. The number of allylic oxidation sites excluding steroid dienone is 6. The van der Waals surface area contributed by atoms with Crippen LogP contribution in [0.2, 0.25) is 0 Å². The summed E-state index contributed by atoms with van der Waals surface area (Å²) < 4.78 is 0. The van der Waals surface area contributed by atoms with Gasteiger partial charge in [-0.1, -0.05) is 69.5 Å². The highest BCUT2D eigenvalue weighted by molar-refractivity contribution is 5.83. The Labute approximate surface area is 149 Å². The standard InChI is InChI=1S/C17H20.C6H14O/c1-6-13(3)15(5)17(14(4)7-2)16-11-9-8-10-12-16;1-6(2)4-3-5-7/h6-12H,1,3H2,2,4-5H3;6-7H,3-5H2,1-2H3/b14-7-,17-15+;. The van der Waals surface area contributed by atoms with Gasteiger partial charge in [0.05, 0.1) is 0 Å². The minimum absolute atomic E-state index is 0.345. The van der Waals surface area contributed by atoms with Gasteiger partial charge in [0.15, 0.2) is 0 Å². The largest absolute Gasteiger partial charge is 0.396 e. The van der Waals surface area contributed by atoms with Crippen LogP contribution in [0.25, 0.3) is 5.57 Å². The fraction of sp³-hybridized carbons (Fsp3) is 0.391. The molecule has 0 aromatic heterocycles. The van der Waals surface area contributed by atoms with Crippen LogP contribution in [-0.4, -0.2) is 11.7 Å². The number of benzene rings is 1. The van der Waals surface area contributed by atoms with Gasteiger partial charge in [-0.25, -0.2) is 0 Å². The third kappa shape index (κ3) is 8.12. The van der Waals surface area contributed by atoms with E-state index in [9.17, 15) is 0 Å². The van der Waals surface area contributed by atoms with Crippen LogP contribution >= 0.6 is 0 Å². The molecule has 1 N–H and O–H groups in total. The van der Waals surface area contributed by atoms with Crippen molar-refractivity contribution in [2.75, 3.05) is 6.61 Å². The average molecular weight is 327 g/mol. The van der Waals surface area contributed by atoms with E-state index >= 15 is 0 Å². The molecule has 0 heterocycles. The Hall–Kier alpha value is -1.86. The van der Waals surface area contributed by atoms with Crippen molar-refractivity contribution in [1.82, 2.24) is 0 Å². The van der Waals surface area contributed by atoms with Gasteiger partial charge in [0.1, 0.15) is 0 Å². The highest BCUT2D eigenvalue weighted by Crippen LogP contribution is 2.29.